The molecule has 1 aliphatic rings. The van der Waals surface area contributed by atoms with Crippen LogP contribution in [0.1, 0.15) is 12.0 Å². The Morgan fingerprint density at radius 1 is 1.38 bits per heavy atom. The van der Waals surface area contributed by atoms with E-state index < -0.39 is 0 Å². The highest BCUT2D eigenvalue weighted by atomic mass is 16.5. The number of ether oxygens (including phenoxy) is 1. The zero-order valence-corrected chi connectivity index (χ0v) is 12.4. The van der Waals surface area contributed by atoms with Crippen LogP contribution in [0.5, 0.6) is 0 Å². The van der Waals surface area contributed by atoms with Gasteiger partial charge in [0.2, 0.25) is 5.95 Å². The number of nitrogens with one attached hydrogen (secondary N) is 1. The van der Waals surface area contributed by atoms with Crippen molar-refractivity contribution in [3.8, 4) is 0 Å². The first-order valence-electron chi connectivity index (χ1n) is 7.39. The average molecular weight is 290 g/mol. The monoisotopic (exact) mass is 290 g/mol. The Kier molecular flexibility index (Phi) is 4.21. The molecule has 114 valence electrons. The topological polar surface area (TPSA) is 80.7 Å². The van der Waals surface area contributed by atoms with Gasteiger partial charge >= 0.3 is 0 Å². The van der Waals surface area contributed by atoms with E-state index in [9.17, 15) is 0 Å². The molecule has 0 unspecified atom stereocenters. The quantitative estimate of drug-likeness (QED) is 0.791. The van der Waals surface area contributed by atoms with Crippen LogP contribution in [0.4, 0.5) is 11.6 Å². The number of fused-ring (bicyclic) bond motifs is 1. The first kappa shape index (κ1) is 14.1. The number of morpholine rings is 1. The number of hydrogen-bond donors (Lipinski definition) is 2. The molecule has 3 N–H and O–H groups in total. The second-order valence-electron chi connectivity index (χ2n) is 5.38. The zero-order chi connectivity index (χ0) is 14.7. The van der Waals surface area contributed by atoms with Crippen LogP contribution in [0, 0.1) is 6.92 Å². The number of nitrogens with zero attached hydrogens (tertiary/aromatic N) is 4. The number of nitrogen functional groups attached to an aromatic ring is 1. The van der Waals surface area contributed by atoms with Gasteiger partial charge in [-0.25, -0.2) is 4.52 Å². The summed E-state index contributed by atoms with van der Waals surface area (Å²) >= 11 is 0. The molecule has 2 aromatic rings. The van der Waals surface area contributed by atoms with E-state index in [0.717, 1.165) is 62.7 Å². The van der Waals surface area contributed by atoms with Crippen LogP contribution in [0.2, 0.25) is 0 Å². The molecular weight excluding hydrogens is 268 g/mol. The van der Waals surface area contributed by atoms with Crippen molar-refractivity contribution in [3.63, 3.8) is 0 Å². The van der Waals surface area contributed by atoms with Crippen molar-refractivity contribution in [2.45, 2.75) is 13.3 Å². The van der Waals surface area contributed by atoms with Gasteiger partial charge in [0, 0.05) is 19.6 Å². The molecule has 3 heterocycles. The van der Waals surface area contributed by atoms with Crippen molar-refractivity contribution in [3.05, 3.63) is 17.8 Å². The molecule has 0 aliphatic carbocycles. The van der Waals surface area contributed by atoms with Gasteiger partial charge in [-0.2, -0.15) is 4.98 Å². The largest absolute Gasteiger partial charge is 0.384 e. The normalized spacial score (nSPS) is 16.4. The molecule has 0 bridgehead atoms. The van der Waals surface area contributed by atoms with Crippen molar-refractivity contribution >= 4 is 17.3 Å². The molecule has 0 radical (unpaired) electrons. The Morgan fingerprint density at radius 2 is 2.19 bits per heavy atom. The predicted octanol–water partition coefficient (Wildman–Crippen LogP) is 0.754. The zero-order valence-electron chi connectivity index (χ0n) is 12.4. The number of anilines is 2. The standard InChI is InChI=1S/C14H22N6O/c1-11-9-12(10-20-13(11)17-14(15)18-20)16-3-2-4-19-5-7-21-8-6-19/h9-10,16H,2-8H2,1H3,(H2,15,18). The van der Waals surface area contributed by atoms with Gasteiger partial charge in [-0.1, -0.05) is 0 Å². The Balaban J connectivity index is 1.53. The average Bonchev–Trinajstić information content (AvgIpc) is 2.86. The van der Waals surface area contributed by atoms with Crippen molar-refractivity contribution in [1.29, 1.82) is 0 Å². The van der Waals surface area contributed by atoms with Crippen LogP contribution in [-0.2, 0) is 4.74 Å². The van der Waals surface area contributed by atoms with E-state index in [-0.39, 0.29) is 0 Å². The highest BCUT2D eigenvalue weighted by Crippen LogP contribution is 2.15. The Labute approximate surface area is 124 Å². The lowest BCUT2D eigenvalue weighted by molar-refractivity contribution is 0.0378. The van der Waals surface area contributed by atoms with Crippen molar-refractivity contribution in [1.82, 2.24) is 19.5 Å². The molecule has 21 heavy (non-hydrogen) atoms. The first-order chi connectivity index (χ1) is 10.2. The van der Waals surface area contributed by atoms with Crippen molar-refractivity contribution < 1.29 is 4.74 Å². The lowest BCUT2D eigenvalue weighted by atomic mass is 10.2. The third-order valence-corrected chi connectivity index (χ3v) is 3.72. The summed E-state index contributed by atoms with van der Waals surface area (Å²) in [6, 6.07) is 2.08. The fourth-order valence-electron chi connectivity index (χ4n) is 2.62. The molecule has 0 amide bonds. The minimum Gasteiger partial charge on any atom is -0.384 e. The minimum absolute atomic E-state index is 0.308. The molecule has 1 saturated heterocycles. The maximum Gasteiger partial charge on any atom is 0.240 e. The summed E-state index contributed by atoms with van der Waals surface area (Å²) in [7, 11) is 0. The fraction of sp³-hybridized carbons (Fsp3) is 0.571. The molecule has 7 heteroatoms. The predicted molar refractivity (Wildman–Crippen MR) is 82.5 cm³/mol. The number of nitrogens with two attached hydrogens (primary N) is 1. The summed E-state index contributed by atoms with van der Waals surface area (Å²) in [6.07, 6.45) is 3.04. The second kappa shape index (κ2) is 6.28. The van der Waals surface area contributed by atoms with E-state index in [0.29, 0.717) is 5.95 Å². The van der Waals surface area contributed by atoms with E-state index in [1.807, 2.05) is 13.1 Å². The molecule has 0 spiro atoms. The van der Waals surface area contributed by atoms with Crippen LogP contribution in [-0.4, -0.2) is 58.9 Å². The number of rotatable bonds is 5. The Morgan fingerprint density at radius 3 is 3.00 bits per heavy atom. The van der Waals surface area contributed by atoms with E-state index in [1.54, 1.807) is 4.52 Å². The smallest absolute Gasteiger partial charge is 0.240 e. The third-order valence-electron chi connectivity index (χ3n) is 3.72. The molecule has 7 nitrogen and oxygen atoms in total. The van der Waals surface area contributed by atoms with Gasteiger partial charge in [0.15, 0.2) is 5.65 Å². The van der Waals surface area contributed by atoms with Gasteiger partial charge in [0.25, 0.3) is 0 Å². The molecule has 3 rings (SSSR count). The molecule has 1 fully saturated rings. The molecule has 0 aromatic carbocycles. The summed E-state index contributed by atoms with van der Waals surface area (Å²) in [5.41, 5.74) is 8.56. The van der Waals surface area contributed by atoms with Crippen LogP contribution in [0.15, 0.2) is 12.3 Å². The van der Waals surface area contributed by atoms with Gasteiger partial charge in [0.05, 0.1) is 25.1 Å². The van der Waals surface area contributed by atoms with Crippen LogP contribution < -0.4 is 11.1 Å². The van der Waals surface area contributed by atoms with Crippen molar-refractivity contribution in [2.24, 2.45) is 0 Å². The van der Waals surface area contributed by atoms with Gasteiger partial charge in [-0.05, 0) is 31.5 Å². The maximum absolute atomic E-state index is 5.63. The molecule has 0 saturated carbocycles. The first-order valence-corrected chi connectivity index (χ1v) is 7.39. The van der Waals surface area contributed by atoms with E-state index >= 15 is 0 Å². The van der Waals surface area contributed by atoms with Crippen LogP contribution >= 0.6 is 0 Å². The molecular formula is C14H22N6O. The number of pyridine rings is 1. The number of hydrogen-bond acceptors (Lipinski definition) is 6. The fourth-order valence-corrected chi connectivity index (χ4v) is 2.62. The summed E-state index contributed by atoms with van der Waals surface area (Å²) in [4.78, 5) is 6.64. The van der Waals surface area contributed by atoms with E-state index in [1.165, 1.54) is 0 Å². The number of aryl methyl sites for hydroxylation is 1. The van der Waals surface area contributed by atoms with Gasteiger partial charge in [-0.3, -0.25) is 4.90 Å². The summed E-state index contributed by atoms with van der Waals surface area (Å²) in [5.74, 6) is 0.308. The van der Waals surface area contributed by atoms with Gasteiger partial charge in [0.1, 0.15) is 0 Å². The Bertz CT molecular complexity index is 605. The van der Waals surface area contributed by atoms with Gasteiger partial charge < -0.3 is 15.8 Å². The van der Waals surface area contributed by atoms with E-state index in [4.69, 9.17) is 10.5 Å². The minimum atomic E-state index is 0.308. The van der Waals surface area contributed by atoms with Gasteiger partial charge in [-0.15, -0.1) is 5.10 Å². The second-order valence-corrected chi connectivity index (χ2v) is 5.38. The summed E-state index contributed by atoms with van der Waals surface area (Å²) in [6.45, 7) is 7.86. The highest BCUT2D eigenvalue weighted by molar-refractivity contribution is 5.56. The maximum atomic E-state index is 5.63. The van der Waals surface area contributed by atoms with Crippen LogP contribution in [0.25, 0.3) is 5.65 Å². The molecule has 1 aliphatic heterocycles. The van der Waals surface area contributed by atoms with Crippen molar-refractivity contribution in [2.75, 3.05) is 50.4 Å². The van der Waals surface area contributed by atoms with Crippen LogP contribution in [0.3, 0.4) is 0 Å². The highest BCUT2D eigenvalue weighted by Gasteiger charge is 2.09. The SMILES string of the molecule is Cc1cc(NCCCN2CCOCC2)cn2nc(N)nc12. The summed E-state index contributed by atoms with van der Waals surface area (Å²) < 4.78 is 7.08. The van der Waals surface area contributed by atoms with E-state index in [2.05, 4.69) is 26.4 Å². The molecule has 0 atom stereocenters. The third kappa shape index (κ3) is 3.43. The Hall–Kier alpha value is -1.86. The lowest BCUT2D eigenvalue weighted by Crippen LogP contribution is -2.37. The lowest BCUT2D eigenvalue weighted by Gasteiger charge is -2.26. The summed E-state index contributed by atoms with van der Waals surface area (Å²) in [5, 5.41) is 7.60. The molecule has 2 aromatic heterocycles. The number of aromatic nitrogens is 3.